The zero-order valence-electron chi connectivity index (χ0n) is 16.2. The van der Waals surface area contributed by atoms with E-state index in [0.29, 0.717) is 22.1 Å². The smallest absolute Gasteiger partial charge is 0.216 e. The minimum absolute atomic E-state index is 0.236. The largest absolute Gasteiger partial charge is 0.493 e. The number of hydrogen-bond acceptors (Lipinski definition) is 6. The zero-order valence-corrected chi connectivity index (χ0v) is 17.0. The summed E-state index contributed by atoms with van der Waals surface area (Å²) >= 11 is 5.28. The van der Waals surface area contributed by atoms with Crippen LogP contribution in [0.5, 0.6) is 17.2 Å². The maximum atomic E-state index is 5.89. The van der Waals surface area contributed by atoms with Gasteiger partial charge in [0.05, 0.1) is 20.4 Å². The molecule has 0 aliphatic rings. The molecule has 1 heterocycles. The number of hydrogen-bond donors (Lipinski definition) is 1. The number of aromatic nitrogens is 3. The fraction of sp³-hybridized carbons (Fsp3) is 0.250. The quantitative estimate of drug-likeness (QED) is 0.480. The molecule has 0 aliphatic heterocycles. The summed E-state index contributed by atoms with van der Waals surface area (Å²) in [4.78, 5) is 0. The van der Waals surface area contributed by atoms with E-state index in [2.05, 4.69) is 21.4 Å². The zero-order chi connectivity index (χ0) is 20.1. The first-order valence-corrected chi connectivity index (χ1v) is 9.05. The van der Waals surface area contributed by atoms with Crippen molar-refractivity contribution in [2.45, 2.75) is 20.5 Å². The SMILES string of the molecule is COc1ccc(/C=N\n2c(COc3ccc(C)cc3C)n[nH]c2=S)cc1OC. The summed E-state index contributed by atoms with van der Waals surface area (Å²) in [6.07, 6.45) is 1.67. The second kappa shape index (κ2) is 8.71. The number of methoxy groups -OCH3 is 2. The van der Waals surface area contributed by atoms with E-state index >= 15 is 0 Å². The van der Waals surface area contributed by atoms with Gasteiger partial charge in [0.1, 0.15) is 12.4 Å². The fourth-order valence-electron chi connectivity index (χ4n) is 2.70. The Morgan fingerprint density at radius 1 is 1.07 bits per heavy atom. The second-order valence-corrected chi connectivity index (χ2v) is 6.56. The van der Waals surface area contributed by atoms with E-state index in [9.17, 15) is 0 Å². The van der Waals surface area contributed by atoms with E-state index in [1.165, 1.54) is 10.2 Å². The highest BCUT2D eigenvalue weighted by atomic mass is 32.1. The Labute approximate surface area is 168 Å². The summed E-state index contributed by atoms with van der Waals surface area (Å²) in [6, 6.07) is 11.6. The molecule has 0 amide bonds. The lowest BCUT2D eigenvalue weighted by Crippen LogP contribution is -2.05. The number of H-pyrrole nitrogens is 1. The molecule has 0 bridgehead atoms. The van der Waals surface area contributed by atoms with Crippen LogP contribution >= 0.6 is 12.2 Å². The fourth-order valence-corrected chi connectivity index (χ4v) is 2.90. The van der Waals surface area contributed by atoms with E-state index < -0.39 is 0 Å². The molecule has 28 heavy (non-hydrogen) atoms. The molecule has 7 nitrogen and oxygen atoms in total. The summed E-state index contributed by atoms with van der Waals surface area (Å²) < 4.78 is 18.4. The normalized spacial score (nSPS) is 11.0. The summed E-state index contributed by atoms with van der Waals surface area (Å²) in [5, 5.41) is 11.4. The molecule has 0 saturated carbocycles. The van der Waals surface area contributed by atoms with Crippen LogP contribution in [0.2, 0.25) is 0 Å². The summed E-state index contributed by atoms with van der Waals surface area (Å²) in [5.74, 6) is 2.65. The first-order chi connectivity index (χ1) is 13.5. The average Bonchev–Trinajstić information content (AvgIpc) is 3.05. The molecule has 3 aromatic rings. The molecule has 2 aromatic carbocycles. The molecule has 0 saturated heterocycles. The van der Waals surface area contributed by atoms with Crippen molar-refractivity contribution in [3.05, 3.63) is 63.7 Å². The molecular weight excluding hydrogens is 376 g/mol. The van der Waals surface area contributed by atoms with E-state index in [4.69, 9.17) is 26.4 Å². The van der Waals surface area contributed by atoms with E-state index in [-0.39, 0.29) is 6.61 Å². The minimum atomic E-state index is 0.236. The molecule has 0 unspecified atom stereocenters. The molecular formula is C20H22N4O3S. The number of nitrogens with one attached hydrogen (secondary N) is 1. The van der Waals surface area contributed by atoms with Gasteiger partial charge in [-0.3, -0.25) is 0 Å². The lowest BCUT2D eigenvalue weighted by molar-refractivity contribution is 0.288. The molecule has 0 spiro atoms. The number of ether oxygens (including phenoxy) is 3. The van der Waals surface area contributed by atoms with Gasteiger partial charge in [-0.05, 0) is 61.5 Å². The van der Waals surface area contributed by atoms with Gasteiger partial charge in [-0.25, -0.2) is 5.10 Å². The van der Waals surface area contributed by atoms with Crippen molar-refractivity contribution in [1.82, 2.24) is 14.9 Å². The monoisotopic (exact) mass is 398 g/mol. The molecule has 1 aromatic heterocycles. The van der Waals surface area contributed by atoms with E-state index in [0.717, 1.165) is 16.9 Å². The third-order valence-corrected chi connectivity index (χ3v) is 4.40. The van der Waals surface area contributed by atoms with Gasteiger partial charge in [-0.15, -0.1) is 0 Å². The Hall–Kier alpha value is -3.13. The van der Waals surface area contributed by atoms with Crippen LogP contribution in [-0.2, 0) is 6.61 Å². The van der Waals surface area contributed by atoms with Crippen molar-refractivity contribution in [2.24, 2.45) is 5.10 Å². The van der Waals surface area contributed by atoms with Gasteiger partial charge in [0, 0.05) is 0 Å². The van der Waals surface area contributed by atoms with Crippen molar-refractivity contribution >= 4 is 18.4 Å². The molecule has 1 N–H and O–H groups in total. The van der Waals surface area contributed by atoms with Crippen LogP contribution in [0.4, 0.5) is 0 Å². The summed E-state index contributed by atoms with van der Waals surface area (Å²) in [5.41, 5.74) is 3.09. The van der Waals surface area contributed by atoms with Crippen LogP contribution in [-0.4, -0.2) is 35.3 Å². The van der Waals surface area contributed by atoms with Crippen LogP contribution in [0.3, 0.4) is 0 Å². The predicted octanol–water partition coefficient (Wildman–Crippen LogP) is 4.04. The highest BCUT2D eigenvalue weighted by molar-refractivity contribution is 7.71. The number of benzene rings is 2. The van der Waals surface area contributed by atoms with Crippen LogP contribution < -0.4 is 14.2 Å². The maximum Gasteiger partial charge on any atom is 0.216 e. The lowest BCUT2D eigenvalue weighted by Gasteiger charge is -2.09. The Morgan fingerprint density at radius 2 is 1.82 bits per heavy atom. The summed E-state index contributed by atoms with van der Waals surface area (Å²) in [6.45, 7) is 4.29. The molecule has 0 fully saturated rings. The van der Waals surface area contributed by atoms with Gasteiger partial charge in [0.15, 0.2) is 17.3 Å². The molecule has 3 rings (SSSR count). The van der Waals surface area contributed by atoms with Gasteiger partial charge in [0.25, 0.3) is 0 Å². The van der Waals surface area contributed by atoms with Crippen molar-refractivity contribution in [3.8, 4) is 17.2 Å². The van der Waals surface area contributed by atoms with Crippen LogP contribution in [0.1, 0.15) is 22.5 Å². The topological polar surface area (TPSA) is 73.7 Å². The molecule has 8 heteroatoms. The Morgan fingerprint density at radius 3 is 2.54 bits per heavy atom. The number of nitrogens with zero attached hydrogens (tertiary/aromatic N) is 3. The van der Waals surface area contributed by atoms with Crippen LogP contribution in [0, 0.1) is 18.6 Å². The van der Waals surface area contributed by atoms with Crippen molar-refractivity contribution in [2.75, 3.05) is 14.2 Å². The third-order valence-electron chi connectivity index (χ3n) is 4.13. The van der Waals surface area contributed by atoms with Gasteiger partial charge in [-0.2, -0.15) is 14.9 Å². The van der Waals surface area contributed by atoms with Crippen LogP contribution in [0.15, 0.2) is 41.5 Å². The Balaban J connectivity index is 1.79. The summed E-state index contributed by atoms with van der Waals surface area (Å²) in [7, 11) is 3.19. The number of aryl methyl sites for hydroxylation is 2. The standard InChI is InChI=1S/C20H22N4O3S/c1-13-5-7-16(14(2)9-13)27-12-19-22-23-20(28)24(19)21-11-15-6-8-17(25-3)18(10-15)26-4/h5-11H,12H2,1-4H3,(H,23,28)/b21-11-. The van der Waals surface area contributed by atoms with E-state index in [1.807, 2.05) is 44.2 Å². The molecule has 146 valence electrons. The van der Waals surface area contributed by atoms with E-state index in [1.54, 1.807) is 20.4 Å². The molecule has 0 radical (unpaired) electrons. The molecule has 0 atom stereocenters. The van der Waals surface area contributed by atoms with Crippen molar-refractivity contribution < 1.29 is 14.2 Å². The lowest BCUT2D eigenvalue weighted by atomic mass is 10.1. The Kier molecular flexibility index (Phi) is 6.10. The third kappa shape index (κ3) is 4.40. The molecule has 0 aliphatic carbocycles. The minimum Gasteiger partial charge on any atom is -0.493 e. The van der Waals surface area contributed by atoms with Gasteiger partial charge < -0.3 is 14.2 Å². The second-order valence-electron chi connectivity index (χ2n) is 6.17. The van der Waals surface area contributed by atoms with Crippen LogP contribution in [0.25, 0.3) is 0 Å². The highest BCUT2D eigenvalue weighted by Gasteiger charge is 2.08. The predicted molar refractivity (Wildman–Crippen MR) is 110 cm³/mol. The van der Waals surface area contributed by atoms with Gasteiger partial charge in [-0.1, -0.05) is 17.7 Å². The highest BCUT2D eigenvalue weighted by Crippen LogP contribution is 2.27. The number of rotatable bonds is 7. The number of aromatic amines is 1. The maximum absolute atomic E-state index is 5.89. The Bertz CT molecular complexity index is 1060. The van der Waals surface area contributed by atoms with Crippen molar-refractivity contribution in [3.63, 3.8) is 0 Å². The van der Waals surface area contributed by atoms with Crippen molar-refractivity contribution in [1.29, 1.82) is 0 Å². The average molecular weight is 398 g/mol. The van der Waals surface area contributed by atoms with Gasteiger partial charge >= 0.3 is 0 Å². The first-order valence-electron chi connectivity index (χ1n) is 8.64. The first kappa shape index (κ1) is 19.6. The van der Waals surface area contributed by atoms with Gasteiger partial charge in [0.2, 0.25) is 4.77 Å².